The Morgan fingerprint density at radius 1 is 1.10 bits per heavy atom. The summed E-state index contributed by atoms with van der Waals surface area (Å²) < 4.78 is 70.0. The molecule has 3 fully saturated rings. The number of amides is 4. The van der Waals surface area contributed by atoms with Crippen molar-refractivity contribution >= 4 is 62.1 Å². The van der Waals surface area contributed by atoms with Crippen LogP contribution >= 0.6 is 11.6 Å². The van der Waals surface area contributed by atoms with Gasteiger partial charge in [0.1, 0.15) is 23.7 Å². The zero-order chi connectivity index (χ0) is 43.7. The van der Waals surface area contributed by atoms with Gasteiger partial charge in [-0.2, -0.15) is 4.98 Å². The Balaban J connectivity index is 1.26. The second kappa shape index (κ2) is 15.4. The average Bonchev–Trinajstić information content (AvgIpc) is 3.96. The van der Waals surface area contributed by atoms with Gasteiger partial charge in [-0.3, -0.25) is 23.5 Å². The number of carbonyl (C=O) groups excluding carboxylic acids is 4. The third-order valence-corrected chi connectivity index (χ3v) is 15.1. The first-order valence-corrected chi connectivity index (χ1v) is 22.1. The number of rotatable bonds is 8. The van der Waals surface area contributed by atoms with E-state index < -0.39 is 85.7 Å². The highest BCUT2D eigenvalue weighted by Crippen LogP contribution is 2.48. The number of sulfonamides is 1. The molecule has 0 bridgehead atoms. The topological polar surface area (TPSA) is 190 Å². The SMILES string of the molecule is Cc1cn2c(n1)nc(O[C@@H]1C[C@H]3C(=O)N[C@]4(C(=O)NS(=O)(=O)C5(C)CC5)CC4/C=C\CC[C@@H](C)C[C@@H](C)[C@H](NC(=O)OC(C)(C)C(C)(F)F)C(=O)N3C1)c1cc(Cl)ccc12. The van der Waals surface area contributed by atoms with Crippen molar-refractivity contribution in [2.75, 3.05) is 6.54 Å². The zero-order valence-electron chi connectivity index (χ0n) is 34.7. The summed E-state index contributed by atoms with van der Waals surface area (Å²) >= 11 is 6.42. The van der Waals surface area contributed by atoms with Gasteiger partial charge < -0.3 is 25.0 Å². The maximum Gasteiger partial charge on any atom is 0.408 e. The molecule has 4 amide bonds. The predicted molar refractivity (Wildman–Crippen MR) is 218 cm³/mol. The number of alkyl carbamates (subject to hydrolysis) is 1. The van der Waals surface area contributed by atoms with E-state index >= 15 is 0 Å². The first-order valence-electron chi connectivity index (χ1n) is 20.3. The molecule has 2 saturated carbocycles. The van der Waals surface area contributed by atoms with Crippen molar-refractivity contribution in [3.8, 4) is 5.88 Å². The quantitative estimate of drug-likeness (QED) is 0.240. The van der Waals surface area contributed by atoms with E-state index in [9.17, 15) is 36.4 Å². The summed E-state index contributed by atoms with van der Waals surface area (Å²) in [6, 6.07) is 2.54. The number of hydrogen-bond donors (Lipinski definition) is 3. The lowest BCUT2D eigenvalue weighted by Crippen LogP contribution is -2.59. The number of carbonyl (C=O) groups is 4. The summed E-state index contributed by atoms with van der Waals surface area (Å²) in [6.07, 6.45) is 5.83. The number of benzene rings is 1. The highest BCUT2D eigenvalue weighted by atomic mass is 35.5. The van der Waals surface area contributed by atoms with Gasteiger partial charge in [-0.25, -0.2) is 27.0 Å². The van der Waals surface area contributed by atoms with Gasteiger partial charge in [0.2, 0.25) is 33.5 Å². The van der Waals surface area contributed by atoms with Crippen LogP contribution in [0.2, 0.25) is 5.02 Å². The molecule has 15 nitrogen and oxygen atoms in total. The number of alkyl halides is 2. The number of ether oxygens (including phenoxy) is 2. The second-order valence-electron chi connectivity index (χ2n) is 18.0. The summed E-state index contributed by atoms with van der Waals surface area (Å²) in [4.78, 5) is 67.3. The van der Waals surface area contributed by atoms with Crippen LogP contribution in [0.1, 0.15) is 92.2 Å². The number of allylic oxidation sites excluding steroid dienone is 1. The van der Waals surface area contributed by atoms with E-state index in [0.29, 0.717) is 66.4 Å². The molecule has 7 atom stereocenters. The number of hydrogen-bond acceptors (Lipinski definition) is 10. The smallest absolute Gasteiger partial charge is 0.408 e. The molecule has 1 unspecified atom stereocenters. The number of nitrogens with one attached hydrogen (secondary N) is 3. The van der Waals surface area contributed by atoms with E-state index in [1.54, 1.807) is 36.4 Å². The van der Waals surface area contributed by atoms with Crippen LogP contribution in [0, 0.1) is 24.7 Å². The van der Waals surface area contributed by atoms with Crippen LogP contribution in [0.25, 0.3) is 16.7 Å². The van der Waals surface area contributed by atoms with Crippen LogP contribution in [-0.2, 0) is 29.1 Å². The van der Waals surface area contributed by atoms with Gasteiger partial charge in [0.15, 0.2) is 5.60 Å². The van der Waals surface area contributed by atoms with Gasteiger partial charge in [-0.15, -0.1) is 0 Å². The minimum Gasteiger partial charge on any atom is -0.472 e. The van der Waals surface area contributed by atoms with Crippen molar-refractivity contribution in [3.05, 3.63) is 47.3 Å². The molecule has 2 aliphatic heterocycles. The molecule has 3 aromatic rings. The lowest BCUT2D eigenvalue weighted by Gasteiger charge is -2.35. The highest BCUT2D eigenvalue weighted by Gasteiger charge is 2.63. The molecular weight excluding hydrogens is 824 g/mol. The molecule has 4 aliphatic rings. The summed E-state index contributed by atoms with van der Waals surface area (Å²) in [7, 11) is -4.07. The number of aromatic nitrogens is 3. The molecule has 60 heavy (non-hydrogen) atoms. The molecule has 4 heterocycles. The largest absolute Gasteiger partial charge is 0.472 e. The molecule has 2 aromatic heterocycles. The fraction of sp³-hybridized carbons (Fsp3) is 0.610. The average molecular weight is 876 g/mol. The Hall–Kier alpha value is -4.58. The van der Waals surface area contributed by atoms with E-state index in [2.05, 4.69) is 25.3 Å². The van der Waals surface area contributed by atoms with Gasteiger partial charge in [0.05, 0.1) is 27.9 Å². The standard InChI is InChI=1S/C41H52ClF2N7O8S/c1-22-10-8-9-11-25-19-41(25,35(54)49-60(56,57)39(6)14-15-39)48-32(52)30-18-27(58-33-28-17-26(42)12-13-29(28)51-20-24(3)45-36(51)47-33)21-50(30)34(53)31(23(2)16-22)46-37(55)59-38(4,5)40(7,43)44/h9,11-13,17,20,22-23,25,27,30-31H,8,10,14-16,18-19,21H2,1-7H3,(H,46,55)(H,48,52)(H,49,54)/b11-9-/t22-,23-,25?,27-,30+,31+,41-/m1/s1. The Kier molecular flexibility index (Phi) is 11.2. The minimum atomic E-state index is -4.07. The Bertz CT molecular complexity index is 2380. The third-order valence-electron chi connectivity index (χ3n) is 12.7. The zero-order valence-corrected chi connectivity index (χ0v) is 36.3. The number of halogens is 3. The van der Waals surface area contributed by atoms with Crippen LogP contribution in [0.3, 0.4) is 0 Å². The van der Waals surface area contributed by atoms with E-state index in [1.807, 2.05) is 32.2 Å². The Labute approximate surface area is 352 Å². The minimum absolute atomic E-state index is 0.00798. The van der Waals surface area contributed by atoms with Crippen molar-refractivity contribution in [1.82, 2.24) is 34.6 Å². The Morgan fingerprint density at radius 3 is 2.50 bits per heavy atom. The third kappa shape index (κ3) is 8.37. The van der Waals surface area contributed by atoms with Crippen LogP contribution in [0.4, 0.5) is 13.6 Å². The summed E-state index contributed by atoms with van der Waals surface area (Å²) in [5.41, 5.74) is -2.48. The summed E-state index contributed by atoms with van der Waals surface area (Å²) in [5.74, 6) is -6.38. The van der Waals surface area contributed by atoms with E-state index in [1.165, 1.54) is 4.90 Å². The van der Waals surface area contributed by atoms with Gasteiger partial charge in [-0.1, -0.05) is 37.6 Å². The van der Waals surface area contributed by atoms with Crippen LogP contribution in [0.5, 0.6) is 5.88 Å². The monoisotopic (exact) mass is 875 g/mol. The highest BCUT2D eigenvalue weighted by molar-refractivity contribution is 7.91. The molecule has 326 valence electrons. The molecule has 1 aromatic carbocycles. The maximum absolute atomic E-state index is 14.9. The lowest BCUT2D eigenvalue weighted by atomic mass is 9.88. The van der Waals surface area contributed by atoms with E-state index in [-0.39, 0.29) is 31.2 Å². The van der Waals surface area contributed by atoms with Crippen molar-refractivity contribution in [3.63, 3.8) is 0 Å². The predicted octanol–water partition coefficient (Wildman–Crippen LogP) is 5.61. The summed E-state index contributed by atoms with van der Waals surface area (Å²) in [5, 5.41) is 6.32. The first-order chi connectivity index (χ1) is 27.9. The molecule has 3 N–H and O–H groups in total. The molecule has 7 rings (SSSR count). The van der Waals surface area contributed by atoms with Gasteiger partial charge in [0.25, 0.3) is 11.8 Å². The van der Waals surface area contributed by atoms with Crippen molar-refractivity contribution in [2.45, 2.75) is 133 Å². The van der Waals surface area contributed by atoms with Crippen molar-refractivity contribution in [2.24, 2.45) is 17.8 Å². The number of imidazole rings is 1. The van der Waals surface area contributed by atoms with Gasteiger partial charge in [-0.05, 0) is 96.3 Å². The maximum atomic E-state index is 14.9. The number of fused-ring (bicyclic) bond motifs is 5. The normalized spacial score (nSPS) is 29.1. The molecule has 0 radical (unpaired) electrons. The van der Waals surface area contributed by atoms with Gasteiger partial charge in [0, 0.05) is 30.5 Å². The molecule has 1 saturated heterocycles. The Morgan fingerprint density at radius 2 is 1.82 bits per heavy atom. The molecule has 2 aliphatic carbocycles. The van der Waals surface area contributed by atoms with Gasteiger partial charge >= 0.3 is 6.09 Å². The molecular formula is C41H52ClF2N7O8S. The number of nitrogens with zero attached hydrogens (tertiary/aromatic N) is 4. The second-order valence-corrected chi connectivity index (χ2v) is 20.6. The first kappa shape index (κ1) is 43.5. The summed E-state index contributed by atoms with van der Waals surface area (Å²) in [6.45, 7) is 9.66. The molecule has 0 spiro atoms. The van der Waals surface area contributed by atoms with E-state index in [0.717, 1.165) is 13.8 Å². The van der Waals surface area contributed by atoms with Crippen molar-refractivity contribution < 1.29 is 45.9 Å². The van der Waals surface area contributed by atoms with Crippen LogP contribution < -0.4 is 20.1 Å². The van der Waals surface area contributed by atoms with E-state index in [4.69, 9.17) is 21.1 Å². The lowest BCUT2D eigenvalue weighted by molar-refractivity contribution is -0.152. The van der Waals surface area contributed by atoms with Crippen LogP contribution in [0.15, 0.2) is 36.5 Å². The molecule has 19 heteroatoms. The van der Waals surface area contributed by atoms with Crippen molar-refractivity contribution in [1.29, 1.82) is 0 Å². The fourth-order valence-corrected chi connectivity index (χ4v) is 9.59. The van der Waals surface area contributed by atoms with Crippen LogP contribution in [-0.4, -0.2) is 98.0 Å². The number of aryl methyl sites for hydroxylation is 1. The fourth-order valence-electron chi connectivity index (χ4n) is 8.10.